The van der Waals surface area contributed by atoms with Crippen molar-refractivity contribution in [3.63, 3.8) is 0 Å². The van der Waals surface area contributed by atoms with Crippen molar-refractivity contribution in [3.05, 3.63) is 0 Å². The van der Waals surface area contributed by atoms with Crippen LogP contribution in [0.5, 0.6) is 0 Å². The molecule has 0 radical (unpaired) electrons. The molecule has 5 nitrogen and oxygen atoms in total. The summed E-state index contributed by atoms with van der Waals surface area (Å²) in [5.41, 5.74) is 0. The van der Waals surface area contributed by atoms with Gasteiger partial charge in [-0.05, 0) is 12.8 Å². The Balaban J connectivity index is 3.93. The summed E-state index contributed by atoms with van der Waals surface area (Å²) in [6.45, 7) is 11.6. The molecule has 0 aliphatic rings. The predicted octanol–water partition coefficient (Wildman–Crippen LogP) is 2.58. The van der Waals surface area contributed by atoms with E-state index in [2.05, 4.69) is 5.32 Å². The molecular weight excluding hydrogens is 282 g/mol. The van der Waals surface area contributed by atoms with E-state index in [1.54, 1.807) is 13.8 Å². The lowest BCUT2D eigenvalue weighted by Crippen LogP contribution is -2.33. The molecule has 5 heteroatoms. The third-order valence-electron chi connectivity index (χ3n) is 3.65. The number of nitrogens with one attached hydrogen (secondary N) is 1. The summed E-state index contributed by atoms with van der Waals surface area (Å²) in [7, 11) is 0. The van der Waals surface area contributed by atoms with Crippen LogP contribution in [0.3, 0.4) is 0 Å². The highest BCUT2D eigenvalue weighted by molar-refractivity contribution is 5.82. The van der Waals surface area contributed by atoms with Gasteiger partial charge >= 0.3 is 5.97 Å². The zero-order valence-electron chi connectivity index (χ0n) is 14.8. The van der Waals surface area contributed by atoms with E-state index in [0.717, 1.165) is 0 Å². The molecule has 0 fully saturated rings. The Bertz CT molecular complexity index is 377. The number of hydrogen-bond acceptors (Lipinski definition) is 4. The van der Waals surface area contributed by atoms with Gasteiger partial charge in [-0.3, -0.25) is 14.4 Å². The van der Waals surface area contributed by atoms with E-state index in [-0.39, 0.29) is 47.9 Å². The van der Waals surface area contributed by atoms with Crippen LogP contribution >= 0.6 is 0 Å². The lowest BCUT2D eigenvalue weighted by atomic mass is 9.90. The summed E-state index contributed by atoms with van der Waals surface area (Å²) in [4.78, 5) is 35.0. The van der Waals surface area contributed by atoms with Crippen LogP contribution in [0.1, 0.15) is 54.4 Å². The molecule has 0 saturated heterocycles. The van der Waals surface area contributed by atoms with Gasteiger partial charge in [-0.25, -0.2) is 0 Å². The van der Waals surface area contributed by atoms with Crippen LogP contribution in [0.2, 0.25) is 0 Å². The van der Waals surface area contributed by atoms with Crippen molar-refractivity contribution in [1.82, 2.24) is 5.32 Å². The number of Topliss-reactive ketones (excluding diaryl/α,β-unsaturated/α-hetero) is 1. The van der Waals surface area contributed by atoms with E-state index in [0.29, 0.717) is 19.4 Å². The maximum Gasteiger partial charge on any atom is 0.308 e. The fraction of sp³-hybridized carbons (Fsp3) is 0.824. The Hall–Kier alpha value is -1.39. The van der Waals surface area contributed by atoms with Crippen molar-refractivity contribution in [2.45, 2.75) is 54.4 Å². The number of hydrogen-bond donors (Lipinski definition) is 1. The van der Waals surface area contributed by atoms with Crippen molar-refractivity contribution in [2.24, 2.45) is 23.7 Å². The smallest absolute Gasteiger partial charge is 0.308 e. The monoisotopic (exact) mass is 313 g/mol. The second-order valence-electron chi connectivity index (χ2n) is 6.55. The summed E-state index contributed by atoms with van der Waals surface area (Å²) in [6.07, 6.45) is 1.39. The van der Waals surface area contributed by atoms with E-state index < -0.39 is 0 Å². The Labute approximate surface area is 134 Å². The molecule has 0 aromatic carbocycles. The molecule has 128 valence electrons. The second kappa shape index (κ2) is 10.4. The summed E-state index contributed by atoms with van der Waals surface area (Å²) in [5, 5.41) is 2.75. The molecule has 0 rings (SSSR count). The molecule has 0 saturated carbocycles. The number of carbonyl (C=O) groups is 3. The Kier molecular flexibility index (Phi) is 9.70. The summed E-state index contributed by atoms with van der Waals surface area (Å²) >= 11 is 0. The van der Waals surface area contributed by atoms with Crippen molar-refractivity contribution in [2.75, 3.05) is 13.2 Å². The maximum atomic E-state index is 11.9. The van der Waals surface area contributed by atoms with Crippen LogP contribution in [0, 0.1) is 23.7 Å². The summed E-state index contributed by atoms with van der Waals surface area (Å²) in [5.74, 6) is -0.365. The molecule has 22 heavy (non-hydrogen) atoms. The minimum Gasteiger partial charge on any atom is -0.464 e. The van der Waals surface area contributed by atoms with Crippen LogP contribution in [-0.2, 0) is 19.1 Å². The van der Waals surface area contributed by atoms with Crippen LogP contribution in [0.25, 0.3) is 0 Å². The molecule has 0 bridgehead atoms. The third-order valence-corrected chi connectivity index (χ3v) is 3.65. The Morgan fingerprint density at radius 1 is 0.864 bits per heavy atom. The van der Waals surface area contributed by atoms with E-state index in [4.69, 9.17) is 4.74 Å². The van der Waals surface area contributed by atoms with Gasteiger partial charge in [-0.15, -0.1) is 0 Å². The molecule has 0 aliphatic heterocycles. The molecular formula is C17H31NO4. The van der Waals surface area contributed by atoms with Gasteiger partial charge in [0.2, 0.25) is 5.91 Å². The zero-order chi connectivity index (χ0) is 17.3. The molecule has 2 unspecified atom stereocenters. The van der Waals surface area contributed by atoms with E-state index in [9.17, 15) is 14.4 Å². The first-order valence-corrected chi connectivity index (χ1v) is 8.14. The molecule has 0 aromatic rings. The Morgan fingerprint density at radius 2 is 1.41 bits per heavy atom. The first-order valence-electron chi connectivity index (χ1n) is 8.14. The van der Waals surface area contributed by atoms with Crippen molar-refractivity contribution >= 4 is 17.7 Å². The molecule has 0 aliphatic carbocycles. The zero-order valence-corrected chi connectivity index (χ0v) is 14.8. The lowest BCUT2D eigenvalue weighted by molar-refractivity contribution is -0.147. The third kappa shape index (κ3) is 8.15. The lowest BCUT2D eigenvalue weighted by Gasteiger charge is -2.16. The fourth-order valence-electron chi connectivity index (χ4n) is 2.01. The first kappa shape index (κ1) is 20.6. The molecule has 0 aromatic heterocycles. The van der Waals surface area contributed by atoms with Crippen LogP contribution in [0.4, 0.5) is 0 Å². The number of rotatable bonds is 10. The normalized spacial score (nSPS) is 13.8. The number of ether oxygens (including phenoxy) is 1. The van der Waals surface area contributed by atoms with Gasteiger partial charge in [-0.2, -0.15) is 0 Å². The van der Waals surface area contributed by atoms with Crippen LogP contribution < -0.4 is 5.32 Å². The molecule has 0 spiro atoms. The van der Waals surface area contributed by atoms with Crippen molar-refractivity contribution < 1.29 is 19.1 Å². The van der Waals surface area contributed by atoms with Gasteiger partial charge in [0.25, 0.3) is 0 Å². The number of ketones is 1. The van der Waals surface area contributed by atoms with Gasteiger partial charge in [0, 0.05) is 17.8 Å². The maximum absolute atomic E-state index is 11.9. The van der Waals surface area contributed by atoms with Crippen molar-refractivity contribution in [1.29, 1.82) is 0 Å². The summed E-state index contributed by atoms with van der Waals surface area (Å²) < 4.78 is 4.99. The van der Waals surface area contributed by atoms with Crippen molar-refractivity contribution in [3.8, 4) is 0 Å². The molecule has 2 atom stereocenters. The molecule has 0 heterocycles. The average Bonchev–Trinajstić information content (AvgIpc) is 2.46. The minimum atomic E-state index is -0.261. The topological polar surface area (TPSA) is 72.5 Å². The van der Waals surface area contributed by atoms with Gasteiger partial charge in [0.05, 0.1) is 12.5 Å². The number of carbonyl (C=O) groups excluding carboxylic acids is 3. The number of amides is 1. The Morgan fingerprint density at radius 3 is 1.91 bits per heavy atom. The van der Waals surface area contributed by atoms with Gasteiger partial charge in [-0.1, -0.05) is 41.5 Å². The largest absolute Gasteiger partial charge is 0.464 e. The van der Waals surface area contributed by atoms with E-state index in [1.165, 1.54) is 0 Å². The summed E-state index contributed by atoms with van der Waals surface area (Å²) in [6, 6.07) is 0. The quantitative estimate of drug-likeness (QED) is 0.497. The van der Waals surface area contributed by atoms with E-state index in [1.807, 2.05) is 27.7 Å². The number of esters is 1. The highest BCUT2D eigenvalue weighted by atomic mass is 16.5. The second-order valence-corrected chi connectivity index (χ2v) is 6.55. The van der Waals surface area contributed by atoms with Gasteiger partial charge in [0.1, 0.15) is 12.4 Å². The predicted molar refractivity (Wildman–Crippen MR) is 86.2 cm³/mol. The fourth-order valence-corrected chi connectivity index (χ4v) is 2.01. The average molecular weight is 313 g/mol. The SMILES string of the molecule is CC(C)C(=O)OCCNC(=O)C(C)CCC(C)C(=O)C(C)C. The standard InChI is InChI=1S/C17H31NO4/c1-11(2)15(19)13(5)7-8-14(6)16(20)18-9-10-22-17(21)12(3)4/h11-14H,7-10H2,1-6H3,(H,18,20). The van der Waals surface area contributed by atoms with Crippen LogP contribution in [0.15, 0.2) is 0 Å². The molecule has 1 amide bonds. The minimum absolute atomic E-state index is 0.0118. The van der Waals surface area contributed by atoms with Crippen LogP contribution in [-0.4, -0.2) is 30.8 Å². The van der Waals surface area contributed by atoms with E-state index >= 15 is 0 Å². The van der Waals surface area contributed by atoms with Gasteiger partial charge in [0.15, 0.2) is 0 Å². The highest BCUT2D eigenvalue weighted by Crippen LogP contribution is 2.16. The highest BCUT2D eigenvalue weighted by Gasteiger charge is 2.19. The molecule has 1 N–H and O–H groups in total. The first-order chi connectivity index (χ1) is 10.2. The van der Waals surface area contributed by atoms with Gasteiger partial charge < -0.3 is 10.1 Å².